The zero-order chi connectivity index (χ0) is 39.0. The van der Waals surface area contributed by atoms with E-state index in [1.54, 1.807) is 0 Å². The minimum absolute atomic E-state index is 0.119. The van der Waals surface area contributed by atoms with Crippen LogP contribution in [0.3, 0.4) is 0 Å². The molecule has 8 nitrogen and oxygen atoms in total. The maximum atomic E-state index is 13.2. The van der Waals surface area contributed by atoms with Crippen molar-refractivity contribution in [3.05, 3.63) is 0 Å². The Morgan fingerprint density at radius 3 is 1.23 bits per heavy atom. The van der Waals surface area contributed by atoms with Crippen molar-refractivity contribution < 1.29 is 37.8 Å². The van der Waals surface area contributed by atoms with Crippen molar-refractivity contribution in [3.63, 3.8) is 0 Å². The van der Waals surface area contributed by atoms with Crippen LogP contribution in [0.25, 0.3) is 0 Å². The summed E-state index contributed by atoms with van der Waals surface area (Å²) in [4.78, 5) is 39.4. The van der Waals surface area contributed by atoms with Crippen molar-refractivity contribution in [1.29, 1.82) is 0 Å². The van der Waals surface area contributed by atoms with Crippen LogP contribution in [0.5, 0.6) is 0 Å². The van der Waals surface area contributed by atoms with E-state index in [0.717, 1.165) is 57.8 Å². The second-order valence-electron chi connectivity index (χ2n) is 17.0. The smallest absolute Gasteiger partial charge is 0.306 e. The van der Waals surface area contributed by atoms with Gasteiger partial charge in [0.1, 0.15) is 12.6 Å². The van der Waals surface area contributed by atoms with E-state index in [2.05, 4.69) is 20.8 Å². The topological polar surface area (TPSA) is 88.1 Å². The fourth-order valence-corrected chi connectivity index (χ4v) is 7.32. The molecule has 0 unspecified atom stereocenters. The summed E-state index contributed by atoms with van der Waals surface area (Å²) in [5, 5.41) is 0. The SMILES string of the molecule is CCCCCCCCCCCC(=O)O[C@H]1[C@@H]([C@@H](C[N+](C)(C)C)OC(=O)CCCCCCCCCCC)OC[C@@H]1OC(=O)CCCCCCCCCCC. The zero-order valence-corrected chi connectivity index (χ0v) is 35.7. The summed E-state index contributed by atoms with van der Waals surface area (Å²) in [5.74, 6) is -0.841. The van der Waals surface area contributed by atoms with Gasteiger partial charge in [-0.1, -0.05) is 175 Å². The average molecular weight is 753 g/mol. The lowest BCUT2D eigenvalue weighted by Gasteiger charge is -2.33. The third kappa shape index (κ3) is 27.5. The van der Waals surface area contributed by atoms with Crippen LogP contribution in [0, 0.1) is 0 Å². The average Bonchev–Trinajstić information content (AvgIpc) is 3.49. The standard InChI is InChI=1S/C45H86NO7/c1-7-10-13-16-19-22-25-28-31-34-41(47)51-39(37-46(4,5)6)44-45(53-43(49)36-33-30-27-24-21-18-15-12-9-3)40(38-50-44)52-42(48)35-32-29-26-23-20-17-14-11-8-2/h39-40,44-45H,7-38H2,1-6H3/q+1/t39-,40+,44-,45-/m1/s1. The molecule has 0 bridgehead atoms. The molecule has 0 amide bonds. The molecule has 53 heavy (non-hydrogen) atoms. The molecule has 1 rings (SSSR count). The van der Waals surface area contributed by atoms with E-state index in [4.69, 9.17) is 18.9 Å². The Labute approximate surface area is 327 Å². The first-order valence-corrected chi connectivity index (χ1v) is 22.6. The zero-order valence-electron chi connectivity index (χ0n) is 35.7. The van der Waals surface area contributed by atoms with Crippen LogP contribution in [0.2, 0.25) is 0 Å². The van der Waals surface area contributed by atoms with Gasteiger partial charge in [-0.3, -0.25) is 14.4 Å². The van der Waals surface area contributed by atoms with Gasteiger partial charge in [-0.05, 0) is 19.3 Å². The molecule has 1 aliphatic heterocycles. The van der Waals surface area contributed by atoms with Gasteiger partial charge in [-0.2, -0.15) is 0 Å². The summed E-state index contributed by atoms with van der Waals surface area (Å²) in [7, 11) is 6.14. The van der Waals surface area contributed by atoms with Gasteiger partial charge in [0.25, 0.3) is 0 Å². The Morgan fingerprint density at radius 1 is 0.509 bits per heavy atom. The Bertz CT molecular complexity index is 904. The maximum absolute atomic E-state index is 13.2. The number of hydrogen-bond acceptors (Lipinski definition) is 7. The number of rotatable bonds is 36. The van der Waals surface area contributed by atoms with Gasteiger partial charge in [0.2, 0.25) is 0 Å². The van der Waals surface area contributed by atoms with E-state index in [9.17, 15) is 14.4 Å². The van der Waals surface area contributed by atoms with Crippen molar-refractivity contribution in [2.45, 2.75) is 238 Å². The Kier molecular flexibility index (Phi) is 30.3. The van der Waals surface area contributed by atoms with Crippen LogP contribution in [-0.4, -0.2) is 81.1 Å². The number of unbranched alkanes of at least 4 members (excludes halogenated alkanes) is 24. The molecule has 0 saturated carbocycles. The molecule has 1 fully saturated rings. The third-order valence-corrected chi connectivity index (χ3v) is 10.5. The molecular formula is C45H86NO7+. The number of carbonyl (C=O) groups excluding carboxylic acids is 3. The quantitative estimate of drug-likeness (QED) is 0.0272. The van der Waals surface area contributed by atoms with Crippen LogP contribution < -0.4 is 0 Å². The number of ether oxygens (including phenoxy) is 4. The number of likely N-dealkylation sites (N-methyl/N-ethyl adjacent to an activating group) is 1. The second kappa shape index (κ2) is 32.6. The highest BCUT2D eigenvalue weighted by Crippen LogP contribution is 2.28. The molecule has 0 radical (unpaired) electrons. The fraction of sp³-hybridized carbons (Fsp3) is 0.933. The van der Waals surface area contributed by atoms with Crippen LogP contribution in [0.4, 0.5) is 0 Å². The molecule has 0 aromatic carbocycles. The van der Waals surface area contributed by atoms with Crippen molar-refractivity contribution in [2.24, 2.45) is 0 Å². The van der Waals surface area contributed by atoms with Crippen molar-refractivity contribution in [2.75, 3.05) is 34.3 Å². The lowest BCUT2D eigenvalue weighted by molar-refractivity contribution is -0.873. The molecular weight excluding hydrogens is 666 g/mol. The summed E-state index contributed by atoms with van der Waals surface area (Å²) in [5.41, 5.74) is 0. The molecule has 1 saturated heterocycles. The van der Waals surface area contributed by atoms with Crippen molar-refractivity contribution in [3.8, 4) is 0 Å². The van der Waals surface area contributed by atoms with E-state index >= 15 is 0 Å². The van der Waals surface area contributed by atoms with Gasteiger partial charge < -0.3 is 23.4 Å². The van der Waals surface area contributed by atoms with Gasteiger partial charge in [0.05, 0.1) is 27.7 Å². The minimum atomic E-state index is -0.815. The van der Waals surface area contributed by atoms with Crippen LogP contribution in [0.1, 0.15) is 213 Å². The normalized spacial score (nSPS) is 17.9. The number of carbonyl (C=O) groups is 3. The maximum Gasteiger partial charge on any atom is 0.306 e. The van der Waals surface area contributed by atoms with Gasteiger partial charge >= 0.3 is 17.9 Å². The Balaban J connectivity index is 2.77. The number of nitrogens with zero attached hydrogens (tertiary/aromatic N) is 1. The molecule has 4 atom stereocenters. The number of esters is 3. The van der Waals surface area contributed by atoms with E-state index in [0.29, 0.717) is 30.3 Å². The molecule has 0 spiro atoms. The summed E-state index contributed by atoms with van der Waals surface area (Å²) in [6.45, 7) is 7.31. The minimum Gasteiger partial charge on any atom is -0.456 e. The van der Waals surface area contributed by atoms with Gasteiger partial charge in [0, 0.05) is 19.3 Å². The van der Waals surface area contributed by atoms with E-state index in [1.807, 2.05) is 21.1 Å². The van der Waals surface area contributed by atoms with E-state index < -0.39 is 24.4 Å². The van der Waals surface area contributed by atoms with Crippen molar-refractivity contribution >= 4 is 17.9 Å². The van der Waals surface area contributed by atoms with E-state index in [1.165, 1.54) is 116 Å². The predicted molar refractivity (Wildman–Crippen MR) is 218 cm³/mol. The summed E-state index contributed by atoms with van der Waals surface area (Å²) >= 11 is 0. The number of hydrogen-bond donors (Lipinski definition) is 0. The van der Waals surface area contributed by atoms with Gasteiger partial charge in [0.15, 0.2) is 18.3 Å². The summed E-state index contributed by atoms with van der Waals surface area (Å²) in [6, 6.07) is 0. The first kappa shape index (κ1) is 49.3. The monoisotopic (exact) mass is 753 g/mol. The highest BCUT2D eigenvalue weighted by Gasteiger charge is 2.49. The van der Waals surface area contributed by atoms with E-state index in [-0.39, 0.29) is 24.5 Å². The largest absolute Gasteiger partial charge is 0.456 e. The van der Waals surface area contributed by atoms with Crippen LogP contribution in [0.15, 0.2) is 0 Å². The predicted octanol–water partition coefficient (Wildman–Crippen LogP) is 11.6. The fourth-order valence-electron chi connectivity index (χ4n) is 7.32. The van der Waals surface area contributed by atoms with Gasteiger partial charge in [-0.15, -0.1) is 0 Å². The lowest BCUT2D eigenvalue weighted by Crippen LogP contribution is -2.52. The van der Waals surface area contributed by atoms with Crippen LogP contribution >= 0.6 is 0 Å². The molecule has 0 aromatic rings. The Hall–Kier alpha value is -1.67. The van der Waals surface area contributed by atoms with Crippen LogP contribution in [-0.2, 0) is 33.3 Å². The molecule has 312 valence electrons. The molecule has 0 aliphatic carbocycles. The summed E-state index contributed by atoms with van der Waals surface area (Å²) < 4.78 is 25.0. The van der Waals surface area contributed by atoms with Gasteiger partial charge in [-0.25, -0.2) is 0 Å². The third-order valence-electron chi connectivity index (χ3n) is 10.5. The summed E-state index contributed by atoms with van der Waals surface area (Å²) in [6.07, 6.45) is 29.8. The first-order valence-electron chi connectivity index (χ1n) is 22.6. The number of quaternary nitrogens is 1. The highest BCUT2D eigenvalue weighted by molar-refractivity contribution is 5.71. The molecule has 1 heterocycles. The molecule has 1 aliphatic rings. The lowest BCUT2D eigenvalue weighted by atomic mass is 10.0. The highest BCUT2D eigenvalue weighted by atomic mass is 16.6. The second-order valence-corrected chi connectivity index (χ2v) is 17.0. The van der Waals surface area contributed by atoms with Crippen molar-refractivity contribution in [1.82, 2.24) is 0 Å². The molecule has 0 N–H and O–H groups in total. The first-order chi connectivity index (χ1) is 25.6. The molecule has 8 heteroatoms. The Morgan fingerprint density at radius 2 is 0.849 bits per heavy atom. The molecule has 0 aromatic heterocycles.